The maximum atomic E-state index is 14.1. The number of halogens is 4. The van der Waals surface area contributed by atoms with Crippen molar-refractivity contribution in [3.63, 3.8) is 0 Å². The van der Waals surface area contributed by atoms with Crippen LogP contribution in [0.4, 0.5) is 17.6 Å². The number of fused-ring (bicyclic) bond motifs is 1. The van der Waals surface area contributed by atoms with E-state index in [2.05, 4.69) is 9.97 Å². The van der Waals surface area contributed by atoms with Crippen LogP contribution in [-0.2, 0) is 6.54 Å². The highest BCUT2D eigenvalue weighted by molar-refractivity contribution is 5.71. The molecule has 0 spiro atoms. The van der Waals surface area contributed by atoms with Gasteiger partial charge in [-0.15, -0.1) is 0 Å². The summed E-state index contributed by atoms with van der Waals surface area (Å²) in [6.45, 7) is 0.527. The van der Waals surface area contributed by atoms with Gasteiger partial charge in [0, 0.05) is 36.1 Å². The summed E-state index contributed by atoms with van der Waals surface area (Å²) in [6.07, 6.45) is 5.63. The average Bonchev–Trinajstić information content (AvgIpc) is 3.19. The summed E-state index contributed by atoms with van der Waals surface area (Å²) in [6, 6.07) is 12.6. The predicted octanol–water partition coefficient (Wildman–Crippen LogP) is 6.70. The van der Waals surface area contributed by atoms with Gasteiger partial charge in [0.2, 0.25) is 0 Å². The van der Waals surface area contributed by atoms with Crippen LogP contribution in [0.2, 0.25) is 0 Å². The van der Waals surface area contributed by atoms with Crippen LogP contribution in [-0.4, -0.2) is 14.5 Å². The summed E-state index contributed by atoms with van der Waals surface area (Å²) in [5, 5.41) is 0. The molecule has 0 bridgehead atoms. The van der Waals surface area contributed by atoms with Crippen molar-refractivity contribution in [1.82, 2.24) is 14.5 Å². The third-order valence-corrected chi connectivity index (χ3v) is 5.45. The molecule has 0 fully saturated rings. The highest BCUT2D eigenvalue weighted by Crippen LogP contribution is 2.34. The summed E-state index contributed by atoms with van der Waals surface area (Å²) in [5.74, 6) is -2.76. The summed E-state index contributed by atoms with van der Waals surface area (Å²) in [5.41, 5.74) is 3.34. The van der Waals surface area contributed by atoms with Gasteiger partial charge in [0.15, 0.2) is 17.5 Å². The number of pyridine rings is 1. The fourth-order valence-corrected chi connectivity index (χ4v) is 3.81. The van der Waals surface area contributed by atoms with Gasteiger partial charge in [0.1, 0.15) is 17.3 Å². The van der Waals surface area contributed by atoms with Crippen molar-refractivity contribution in [3.05, 3.63) is 102 Å². The van der Waals surface area contributed by atoms with Crippen LogP contribution in [0, 0.1) is 11.6 Å². The Hall–Kier alpha value is -3.74. The minimum atomic E-state index is -0.892. The topological polar surface area (TPSA) is 30.7 Å². The molecule has 0 amide bonds. The van der Waals surface area contributed by atoms with Gasteiger partial charge in [-0.2, -0.15) is 0 Å². The first-order valence-corrected chi connectivity index (χ1v) is 10.1. The Kier molecular flexibility index (Phi) is 5.09. The van der Waals surface area contributed by atoms with Crippen molar-refractivity contribution in [2.75, 3.05) is 0 Å². The molecule has 0 radical (unpaired) electrons. The fraction of sp³-hybridized carbons (Fsp3) is 0.120. The quantitative estimate of drug-likeness (QED) is 0.334. The molecule has 2 heterocycles. The minimum absolute atomic E-state index is 0.191. The maximum absolute atomic E-state index is 14.1. The Labute approximate surface area is 181 Å². The number of rotatable bonds is 4. The van der Waals surface area contributed by atoms with Crippen LogP contribution in [0.3, 0.4) is 0 Å². The second-order valence-corrected chi connectivity index (χ2v) is 7.64. The Morgan fingerprint density at radius 2 is 1.66 bits per heavy atom. The normalized spacial score (nSPS) is 14.2. The van der Waals surface area contributed by atoms with Gasteiger partial charge in [-0.25, -0.2) is 27.5 Å². The molecule has 0 saturated carbocycles. The largest absolute Gasteiger partial charge is 0.348 e. The lowest BCUT2D eigenvalue weighted by Gasteiger charge is -2.09. The standard InChI is InChI=1S/C25H17F4N3/c26-17-8-9-18(21(28)12-17)16-6-4-15(5-7-16)13-32-11-10-22-23(14-32)31-25(30-22)19-2-1-3-20(27)24(19)29/h3-12,14H,1-2,13H2. The zero-order valence-electron chi connectivity index (χ0n) is 16.8. The molecule has 32 heavy (non-hydrogen) atoms. The molecule has 2 aromatic rings. The van der Waals surface area contributed by atoms with Crippen LogP contribution >= 0.6 is 0 Å². The zero-order chi connectivity index (χ0) is 22.2. The molecule has 0 atom stereocenters. The molecule has 1 aliphatic carbocycles. The SMILES string of the molecule is FC1=CCCC(c2nc3ccn(Cc4ccc(-c5ccc(F)cc5F)cc4)cc-3n2)=C1F. The number of imidazole rings is 1. The smallest absolute Gasteiger partial charge is 0.165 e. The molecule has 2 aromatic carbocycles. The van der Waals surface area contributed by atoms with Gasteiger partial charge in [-0.1, -0.05) is 24.3 Å². The molecule has 2 aliphatic heterocycles. The number of nitrogens with zero attached hydrogens (tertiary/aromatic N) is 3. The van der Waals surface area contributed by atoms with E-state index in [0.717, 1.165) is 11.6 Å². The van der Waals surface area contributed by atoms with Crippen LogP contribution in [0.25, 0.3) is 28.1 Å². The zero-order valence-corrected chi connectivity index (χ0v) is 16.8. The third kappa shape index (κ3) is 3.82. The molecule has 5 rings (SSSR count). The lowest BCUT2D eigenvalue weighted by molar-refractivity contribution is 0.534. The third-order valence-electron chi connectivity index (χ3n) is 5.45. The molecule has 0 aromatic heterocycles. The minimum Gasteiger partial charge on any atom is -0.348 e. The van der Waals surface area contributed by atoms with Gasteiger partial charge in [0.05, 0.1) is 5.69 Å². The maximum Gasteiger partial charge on any atom is 0.165 e. The monoisotopic (exact) mass is 435 g/mol. The van der Waals surface area contributed by atoms with E-state index in [4.69, 9.17) is 0 Å². The molecule has 0 N–H and O–H groups in total. The molecule has 7 heteroatoms. The molecule has 0 unspecified atom stereocenters. The molecule has 3 nitrogen and oxygen atoms in total. The first-order chi connectivity index (χ1) is 15.5. The summed E-state index contributed by atoms with van der Waals surface area (Å²) >= 11 is 0. The van der Waals surface area contributed by atoms with E-state index in [-0.39, 0.29) is 11.4 Å². The lowest BCUT2D eigenvalue weighted by Crippen LogP contribution is -2.01. The van der Waals surface area contributed by atoms with E-state index >= 15 is 0 Å². The first-order valence-electron chi connectivity index (χ1n) is 10.1. The molecule has 0 saturated heterocycles. The van der Waals surface area contributed by atoms with Crippen molar-refractivity contribution in [2.24, 2.45) is 0 Å². The van der Waals surface area contributed by atoms with Crippen molar-refractivity contribution in [2.45, 2.75) is 19.4 Å². The highest BCUT2D eigenvalue weighted by Gasteiger charge is 2.22. The van der Waals surface area contributed by atoms with Crippen molar-refractivity contribution >= 4 is 5.57 Å². The molecular formula is C25H17F4N3. The number of allylic oxidation sites excluding steroid dienone is 4. The second-order valence-electron chi connectivity index (χ2n) is 7.64. The second kappa shape index (κ2) is 8.07. The van der Waals surface area contributed by atoms with Crippen molar-refractivity contribution < 1.29 is 17.6 Å². The number of hydrogen-bond acceptors (Lipinski definition) is 2. The van der Waals surface area contributed by atoms with Crippen molar-refractivity contribution in [1.29, 1.82) is 0 Å². The van der Waals surface area contributed by atoms with Gasteiger partial charge in [0.25, 0.3) is 0 Å². The van der Waals surface area contributed by atoms with E-state index in [1.54, 1.807) is 24.4 Å². The van der Waals surface area contributed by atoms with Gasteiger partial charge in [-0.3, -0.25) is 0 Å². The number of benzene rings is 2. The van der Waals surface area contributed by atoms with E-state index in [1.165, 1.54) is 18.2 Å². The highest BCUT2D eigenvalue weighted by atomic mass is 19.2. The van der Waals surface area contributed by atoms with Crippen molar-refractivity contribution in [3.8, 4) is 22.5 Å². The van der Waals surface area contributed by atoms with Crippen LogP contribution < -0.4 is 0 Å². The Morgan fingerprint density at radius 1 is 0.875 bits per heavy atom. The van der Waals surface area contributed by atoms with E-state index in [0.29, 0.717) is 41.9 Å². The lowest BCUT2D eigenvalue weighted by atomic mass is 10.0. The fourth-order valence-electron chi connectivity index (χ4n) is 3.81. The van der Waals surface area contributed by atoms with Crippen LogP contribution in [0.5, 0.6) is 0 Å². The van der Waals surface area contributed by atoms with Gasteiger partial charge >= 0.3 is 0 Å². The summed E-state index contributed by atoms with van der Waals surface area (Å²) in [7, 11) is 0. The average molecular weight is 435 g/mol. The Morgan fingerprint density at radius 3 is 2.44 bits per heavy atom. The summed E-state index contributed by atoms with van der Waals surface area (Å²) in [4.78, 5) is 8.75. The molecule has 160 valence electrons. The number of aromatic nitrogens is 3. The summed E-state index contributed by atoms with van der Waals surface area (Å²) < 4.78 is 56.8. The van der Waals surface area contributed by atoms with Gasteiger partial charge < -0.3 is 4.57 Å². The predicted molar refractivity (Wildman–Crippen MR) is 114 cm³/mol. The van der Waals surface area contributed by atoms with E-state index in [9.17, 15) is 17.6 Å². The first kappa shape index (κ1) is 20.2. The number of hydrogen-bond donors (Lipinski definition) is 0. The molecular weight excluding hydrogens is 418 g/mol. The van der Waals surface area contributed by atoms with Gasteiger partial charge in [-0.05, 0) is 48.2 Å². The van der Waals surface area contributed by atoms with E-state index < -0.39 is 23.3 Å². The van der Waals surface area contributed by atoms with Crippen LogP contribution in [0.15, 0.2) is 78.7 Å². The Balaban J connectivity index is 1.38. The Bertz CT molecular complexity index is 1340. The molecule has 3 aliphatic rings. The van der Waals surface area contributed by atoms with E-state index in [1.807, 2.05) is 22.9 Å². The van der Waals surface area contributed by atoms with Crippen LogP contribution in [0.1, 0.15) is 24.2 Å².